The number of hydrogen-bond donors (Lipinski definition) is 1. The highest BCUT2D eigenvalue weighted by atomic mass is 32.2. The Balaban J connectivity index is 1.87. The number of fused-ring (bicyclic) bond motifs is 1. The SMILES string of the molecule is CCc1cc(CNS(=O)(=O)C(C)C)ccc1N(C)c1cc2c(cn1)ncn2C. The molecule has 0 saturated carbocycles. The monoisotopic (exact) mass is 401 g/mol. The van der Waals surface area contributed by atoms with Gasteiger partial charge in [-0.1, -0.05) is 19.1 Å². The molecule has 28 heavy (non-hydrogen) atoms. The minimum absolute atomic E-state index is 0.288. The summed E-state index contributed by atoms with van der Waals surface area (Å²) < 4.78 is 28.6. The molecule has 3 rings (SSSR count). The lowest BCUT2D eigenvalue weighted by molar-refractivity contribution is 0.572. The van der Waals surface area contributed by atoms with Gasteiger partial charge in [0, 0.05) is 32.4 Å². The molecular weight excluding hydrogens is 374 g/mol. The zero-order chi connectivity index (χ0) is 20.5. The lowest BCUT2D eigenvalue weighted by atomic mass is 10.1. The molecular formula is C20H27N5O2S. The fraction of sp³-hybridized carbons (Fsp3) is 0.400. The summed E-state index contributed by atoms with van der Waals surface area (Å²) in [5.74, 6) is 0.832. The molecule has 0 bridgehead atoms. The molecule has 0 saturated heterocycles. The molecule has 0 fully saturated rings. The van der Waals surface area contributed by atoms with E-state index in [1.165, 1.54) is 0 Å². The van der Waals surface area contributed by atoms with Gasteiger partial charge in [-0.2, -0.15) is 0 Å². The number of sulfonamides is 1. The average Bonchev–Trinajstić information content (AvgIpc) is 3.05. The van der Waals surface area contributed by atoms with E-state index in [9.17, 15) is 8.42 Å². The van der Waals surface area contributed by atoms with Crippen molar-refractivity contribution in [2.45, 2.75) is 39.0 Å². The summed E-state index contributed by atoms with van der Waals surface area (Å²) in [6.07, 6.45) is 4.39. The van der Waals surface area contributed by atoms with Gasteiger partial charge in [-0.15, -0.1) is 0 Å². The summed E-state index contributed by atoms with van der Waals surface area (Å²) >= 11 is 0. The molecule has 0 atom stereocenters. The van der Waals surface area contributed by atoms with Crippen LogP contribution in [0.2, 0.25) is 0 Å². The molecule has 0 aliphatic heterocycles. The Morgan fingerprint density at radius 2 is 1.96 bits per heavy atom. The highest BCUT2D eigenvalue weighted by Crippen LogP contribution is 2.28. The van der Waals surface area contributed by atoms with Crippen LogP contribution >= 0.6 is 0 Å². The summed E-state index contributed by atoms with van der Waals surface area (Å²) in [5.41, 5.74) is 5.01. The zero-order valence-corrected chi connectivity index (χ0v) is 17.8. The molecule has 150 valence electrons. The quantitative estimate of drug-likeness (QED) is 0.658. The number of hydrogen-bond acceptors (Lipinski definition) is 5. The molecule has 1 N–H and O–H groups in total. The van der Waals surface area contributed by atoms with E-state index < -0.39 is 15.3 Å². The van der Waals surface area contributed by atoms with Crippen molar-refractivity contribution in [3.05, 3.63) is 47.9 Å². The highest BCUT2D eigenvalue weighted by molar-refractivity contribution is 7.90. The third-order valence-electron chi connectivity index (χ3n) is 4.93. The number of anilines is 2. The van der Waals surface area contributed by atoms with Crippen LogP contribution in [0.3, 0.4) is 0 Å². The van der Waals surface area contributed by atoms with Crippen LogP contribution in [0, 0.1) is 0 Å². The lowest BCUT2D eigenvalue weighted by Crippen LogP contribution is -2.30. The van der Waals surface area contributed by atoms with Crippen LogP contribution in [0.1, 0.15) is 31.9 Å². The Morgan fingerprint density at radius 3 is 2.64 bits per heavy atom. The molecule has 0 aliphatic carbocycles. The van der Waals surface area contributed by atoms with E-state index in [0.29, 0.717) is 0 Å². The summed E-state index contributed by atoms with van der Waals surface area (Å²) in [6.45, 7) is 5.72. The summed E-state index contributed by atoms with van der Waals surface area (Å²) in [6, 6.07) is 8.05. The molecule has 0 radical (unpaired) electrons. The summed E-state index contributed by atoms with van der Waals surface area (Å²) in [7, 11) is 0.665. The van der Waals surface area contributed by atoms with Crippen molar-refractivity contribution in [3.63, 3.8) is 0 Å². The van der Waals surface area contributed by atoms with E-state index in [0.717, 1.165) is 40.1 Å². The molecule has 0 spiro atoms. The first kappa shape index (κ1) is 20.3. The molecule has 0 amide bonds. The number of rotatable bonds is 7. The van der Waals surface area contributed by atoms with Crippen molar-refractivity contribution >= 4 is 32.6 Å². The first-order chi connectivity index (χ1) is 13.2. The summed E-state index contributed by atoms with van der Waals surface area (Å²) in [5, 5.41) is -0.448. The van der Waals surface area contributed by atoms with Crippen LogP contribution < -0.4 is 9.62 Å². The average molecular weight is 402 g/mol. The standard InChI is InChI=1S/C20H27N5O2S/c1-6-16-9-15(11-23-28(26,27)14(2)3)7-8-18(16)25(5)20-10-19-17(12-21-20)22-13-24(19)4/h7-10,12-14,23H,6,11H2,1-5H3. The Bertz CT molecular complexity index is 1090. The predicted octanol–water partition coefficient (Wildman–Crippen LogP) is 3.13. The number of pyridine rings is 1. The van der Waals surface area contributed by atoms with Crippen molar-refractivity contribution in [3.8, 4) is 0 Å². The molecule has 2 aromatic heterocycles. The van der Waals surface area contributed by atoms with Crippen molar-refractivity contribution in [2.24, 2.45) is 7.05 Å². The molecule has 0 unspecified atom stereocenters. The van der Waals surface area contributed by atoms with Crippen LogP contribution in [0.5, 0.6) is 0 Å². The second kappa shape index (κ2) is 7.89. The number of nitrogens with zero attached hydrogens (tertiary/aromatic N) is 4. The summed E-state index contributed by atoms with van der Waals surface area (Å²) in [4.78, 5) is 10.9. The van der Waals surface area contributed by atoms with E-state index in [2.05, 4.69) is 27.7 Å². The molecule has 2 heterocycles. The van der Waals surface area contributed by atoms with E-state index in [1.807, 2.05) is 41.8 Å². The number of imidazole rings is 1. The Morgan fingerprint density at radius 1 is 1.21 bits per heavy atom. The van der Waals surface area contributed by atoms with Crippen molar-refractivity contribution < 1.29 is 8.42 Å². The molecule has 3 aromatic rings. The number of aryl methyl sites for hydroxylation is 2. The van der Waals surface area contributed by atoms with Gasteiger partial charge in [0.15, 0.2) is 0 Å². The normalized spacial score (nSPS) is 12.1. The number of aromatic nitrogens is 3. The van der Waals surface area contributed by atoms with Crippen LogP contribution in [0.4, 0.5) is 11.5 Å². The first-order valence-electron chi connectivity index (χ1n) is 9.34. The molecule has 8 heteroatoms. The van der Waals surface area contributed by atoms with Crippen LogP contribution in [0.25, 0.3) is 11.0 Å². The smallest absolute Gasteiger partial charge is 0.214 e. The van der Waals surface area contributed by atoms with Gasteiger partial charge in [-0.25, -0.2) is 23.1 Å². The van der Waals surface area contributed by atoms with Gasteiger partial charge in [-0.3, -0.25) is 0 Å². The van der Waals surface area contributed by atoms with Crippen LogP contribution in [-0.2, 0) is 30.0 Å². The van der Waals surface area contributed by atoms with Gasteiger partial charge in [0.25, 0.3) is 0 Å². The van der Waals surface area contributed by atoms with Gasteiger partial charge >= 0.3 is 0 Å². The maximum Gasteiger partial charge on any atom is 0.214 e. The topological polar surface area (TPSA) is 80.1 Å². The lowest BCUT2D eigenvalue weighted by Gasteiger charge is -2.22. The third kappa shape index (κ3) is 4.02. The fourth-order valence-corrected chi connectivity index (χ4v) is 3.74. The van der Waals surface area contributed by atoms with Crippen LogP contribution in [0.15, 0.2) is 36.8 Å². The number of benzene rings is 1. The fourth-order valence-electron chi connectivity index (χ4n) is 3.04. The van der Waals surface area contributed by atoms with Gasteiger partial charge in [0.05, 0.1) is 23.3 Å². The maximum absolute atomic E-state index is 12.0. The van der Waals surface area contributed by atoms with E-state index in [-0.39, 0.29) is 6.54 Å². The van der Waals surface area contributed by atoms with Gasteiger partial charge in [0.1, 0.15) is 11.3 Å². The minimum Gasteiger partial charge on any atom is -0.334 e. The van der Waals surface area contributed by atoms with Gasteiger partial charge in [-0.05, 0) is 37.5 Å². The Labute approximate surface area is 166 Å². The molecule has 7 nitrogen and oxygen atoms in total. The van der Waals surface area contributed by atoms with Gasteiger partial charge < -0.3 is 9.47 Å². The largest absolute Gasteiger partial charge is 0.334 e. The first-order valence-corrected chi connectivity index (χ1v) is 10.9. The van der Waals surface area contributed by atoms with E-state index >= 15 is 0 Å². The zero-order valence-electron chi connectivity index (χ0n) is 17.0. The predicted molar refractivity (Wildman–Crippen MR) is 113 cm³/mol. The minimum atomic E-state index is -3.28. The Kier molecular flexibility index (Phi) is 5.71. The molecule has 1 aromatic carbocycles. The maximum atomic E-state index is 12.0. The third-order valence-corrected chi connectivity index (χ3v) is 6.71. The molecule has 0 aliphatic rings. The second-order valence-corrected chi connectivity index (χ2v) is 9.50. The van der Waals surface area contributed by atoms with E-state index in [1.54, 1.807) is 26.4 Å². The van der Waals surface area contributed by atoms with Crippen molar-refractivity contribution in [2.75, 3.05) is 11.9 Å². The van der Waals surface area contributed by atoms with E-state index in [4.69, 9.17) is 0 Å². The van der Waals surface area contributed by atoms with Crippen molar-refractivity contribution in [1.29, 1.82) is 0 Å². The number of nitrogens with one attached hydrogen (secondary N) is 1. The van der Waals surface area contributed by atoms with Gasteiger partial charge in [0.2, 0.25) is 10.0 Å². The van der Waals surface area contributed by atoms with Crippen LogP contribution in [-0.4, -0.2) is 35.3 Å². The Hall–Kier alpha value is -2.45. The van der Waals surface area contributed by atoms with Crippen molar-refractivity contribution in [1.82, 2.24) is 19.3 Å². The second-order valence-electron chi connectivity index (χ2n) is 7.18. The highest BCUT2D eigenvalue weighted by Gasteiger charge is 2.16.